The Labute approximate surface area is 130 Å². The summed E-state index contributed by atoms with van der Waals surface area (Å²) in [5.74, 6) is 0. The molecule has 0 rings (SSSR count). The third-order valence-corrected chi connectivity index (χ3v) is 0. The van der Waals surface area contributed by atoms with Gasteiger partial charge in [-0.25, -0.2) is 0 Å². The molecular weight excluding hydrogens is 258 g/mol. The number of nitrogens with zero attached hydrogens (tertiary/aromatic N) is 1. The summed E-state index contributed by atoms with van der Waals surface area (Å²) >= 11 is 0. The van der Waals surface area contributed by atoms with Crippen molar-refractivity contribution in [1.29, 1.82) is 5.26 Å². The predicted molar refractivity (Wildman–Crippen MR) is 14.1 cm³/mol. The fourth-order valence-corrected chi connectivity index (χ4v) is 0. The molecule has 0 heterocycles. The van der Waals surface area contributed by atoms with Crippen LogP contribution in [0.5, 0.6) is 0 Å². The van der Waals surface area contributed by atoms with E-state index >= 15 is 0 Å². The predicted octanol–water partition coefficient (Wildman–Crippen LogP) is -2.95. The number of hydrogen-bond acceptors (Lipinski definition) is 1. The zero-order valence-electron chi connectivity index (χ0n) is 6.01. The molecule has 4 heteroatoms. The Bertz CT molecular complexity index is 24.0. The molecule has 1 nitrogen and oxygen atoms in total. The van der Waals surface area contributed by atoms with Gasteiger partial charge < -0.3 is 16.1 Å². The second kappa shape index (κ2) is 27.0. The average Bonchev–Trinajstić information content (AvgIpc) is 1.00. The molecule has 0 radical (unpaired) electrons. The molecule has 0 spiro atoms. The standard InChI is InChI=1S/CN.Ba.Fe.K.3H/c1-2;;;;;;/q-1;+2;;+1;3*-1. The molecule has 0 amide bonds. The monoisotopic (exact) mass is 262 g/mol. The Balaban J connectivity index is -0.000000000333. The van der Waals surface area contributed by atoms with E-state index in [1.165, 1.54) is 0 Å². The minimum atomic E-state index is 0. The van der Waals surface area contributed by atoms with Gasteiger partial charge in [-0.2, -0.15) is 0 Å². The second-order valence-electron chi connectivity index (χ2n) is 0. The molecule has 0 bridgehead atoms. The second-order valence-corrected chi connectivity index (χ2v) is 0. The van der Waals surface area contributed by atoms with Crippen LogP contribution in [0.2, 0.25) is 0 Å². The first-order valence-corrected chi connectivity index (χ1v) is 0.224. The largest absolute Gasteiger partial charge is 2.00 e. The van der Waals surface area contributed by atoms with Gasteiger partial charge in [-0.15, -0.1) is 0 Å². The molecule has 0 aromatic heterocycles. The fourth-order valence-electron chi connectivity index (χ4n) is 0. The number of hydrogen-bond donors (Lipinski definition) is 0. The molecule has 0 aliphatic heterocycles. The van der Waals surface area contributed by atoms with Crippen molar-refractivity contribution in [3.8, 4) is 0 Å². The molecule has 0 N–H and O–H groups in total. The Morgan fingerprint density at radius 3 is 1.40 bits per heavy atom. The van der Waals surface area contributed by atoms with Crippen LogP contribution in [0.1, 0.15) is 4.28 Å². The summed E-state index contributed by atoms with van der Waals surface area (Å²) in [6, 6.07) is 0. The number of rotatable bonds is 0. The van der Waals surface area contributed by atoms with Gasteiger partial charge in [-0.05, 0) is 0 Å². The van der Waals surface area contributed by atoms with Crippen molar-refractivity contribution in [3.63, 3.8) is 0 Å². The third-order valence-electron chi connectivity index (χ3n) is 0. The zero-order valence-corrected chi connectivity index (χ0v) is 11.7. The molecule has 0 fully saturated rings. The normalized spacial score (nSPS) is 0.400. The summed E-state index contributed by atoms with van der Waals surface area (Å²) in [7, 11) is 0. The summed E-state index contributed by atoms with van der Waals surface area (Å²) in [5.41, 5.74) is 0. The van der Waals surface area contributed by atoms with Gasteiger partial charge in [-0.1, -0.05) is 0 Å². The smallest absolute Gasteiger partial charge is 1.00 e. The van der Waals surface area contributed by atoms with Crippen LogP contribution in [0.25, 0.3) is 0 Å². The van der Waals surface area contributed by atoms with Gasteiger partial charge in [-0.3, -0.25) is 0 Å². The minimum absolute atomic E-state index is 0. The van der Waals surface area contributed by atoms with Gasteiger partial charge >= 0.3 is 100 Å². The van der Waals surface area contributed by atoms with Gasteiger partial charge in [0.2, 0.25) is 0 Å². The summed E-state index contributed by atoms with van der Waals surface area (Å²) in [5, 5.41) is 6.25. The van der Waals surface area contributed by atoms with E-state index in [1.54, 1.807) is 0 Å². The van der Waals surface area contributed by atoms with E-state index in [-0.39, 0.29) is 122 Å². The topological polar surface area (TPSA) is 23.8 Å². The van der Waals surface area contributed by atoms with Crippen LogP contribution in [0.4, 0.5) is 0 Å². The molecule has 5 heavy (non-hydrogen) atoms. The molecule has 0 atom stereocenters. The molecule has 0 aromatic carbocycles. The van der Waals surface area contributed by atoms with Gasteiger partial charge in [0, 0.05) is 17.1 Å². The van der Waals surface area contributed by atoms with E-state index in [0.29, 0.717) is 0 Å². The first-order valence-electron chi connectivity index (χ1n) is 0.224. The van der Waals surface area contributed by atoms with Crippen molar-refractivity contribution in [2.75, 3.05) is 0 Å². The molecule has 0 saturated carbocycles. The Morgan fingerprint density at radius 1 is 1.40 bits per heavy atom. The summed E-state index contributed by atoms with van der Waals surface area (Å²) in [6.07, 6.45) is 0. The van der Waals surface area contributed by atoms with Crippen LogP contribution in [0.15, 0.2) is 0 Å². The SMILES string of the molecule is [Ba+2].[C-]#N.[Fe].[H-].[H-].[H-].[K+]. The molecule has 0 saturated heterocycles. The summed E-state index contributed by atoms with van der Waals surface area (Å²) < 4.78 is 0. The van der Waals surface area contributed by atoms with Crippen LogP contribution < -0.4 is 51.4 Å². The van der Waals surface area contributed by atoms with Crippen molar-refractivity contribution in [3.05, 3.63) is 6.57 Å². The molecule has 24 valence electrons. The maximum absolute atomic E-state index is 6.25. The summed E-state index contributed by atoms with van der Waals surface area (Å²) in [4.78, 5) is 0. The van der Waals surface area contributed by atoms with Gasteiger partial charge in [0.15, 0.2) is 0 Å². The Kier molecular flexibility index (Phi) is 130. The van der Waals surface area contributed by atoms with Crippen LogP contribution >= 0.6 is 0 Å². The van der Waals surface area contributed by atoms with Crippen molar-refractivity contribution in [2.24, 2.45) is 0 Å². The van der Waals surface area contributed by atoms with E-state index in [1.807, 2.05) is 0 Å². The van der Waals surface area contributed by atoms with E-state index in [2.05, 4.69) is 0 Å². The van der Waals surface area contributed by atoms with Gasteiger partial charge in [0.25, 0.3) is 0 Å². The molecular formula is CH3BaFeKN-. The van der Waals surface area contributed by atoms with Crippen LogP contribution in [-0.2, 0) is 17.1 Å². The maximum Gasteiger partial charge on any atom is 2.00 e. The minimum Gasteiger partial charge on any atom is -1.00 e. The van der Waals surface area contributed by atoms with Crippen molar-refractivity contribution >= 4 is 48.9 Å². The Morgan fingerprint density at radius 2 is 1.40 bits per heavy atom. The zero-order chi connectivity index (χ0) is 2.00. The van der Waals surface area contributed by atoms with Crippen molar-refractivity contribution in [2.45, 2.75) is 0 Å². The fraction of sp³-hybridized carbons (Fsp3) is 0. The van der Waals surface area contributed by atoms with Crippen molar-refractivity contribution < 1.29 is 72.7 Å². The average molecular weight is 261 g/mol. The van der Waals surface area contributed by atoms with Gasteiger partial charge in [0.05, 0.1) is 0 Å². The molecule has 0 aliphatic rings. The quantitative estimate of drug-likeness (QED) is 0.338. The van der Waals surface area contributed by atoms with Crippen LogP contribution in [0.3, 0.4) is 0 Å². The third kappa shape index (κ3) is 19.0. The first-order chi connectivity index (χ1) is 1.00. The first kappa shape index (κ1) is 24.1. The summed E-state index contributed by atoms with van der Waals surface area (Å²) in [6.45, 7) is 4.75. The van der Waals surface area contributed by atoms with E-state index in [4.69, 9.17) is 11.8 Å². The molecule has 0 aliphatic carbocycles. The molecule has 0 unspecified atom stereocenters. The Hall–Kier alpha value is 3.22. The van der Waals surface area contributed by atoms with Crippen LogP contribution in [-0.4, -0.2) is 48.9 Å². The van der Waals surface area contributed by atoms with E-state index in [9.17, 15) is 0 Å². The van der Waals surface area contributed by atoms with E-state index < -0.39 is 0 Å². The van der Waals surface area contributed by atoms with Crippen molar-refractivity contribution in [1.82, 2.24) is 0 Å². The van der Waals surface area contributed by atoms with Crippen LogP contribution in [0, 0.1) is 11.8 Å². The maximum atomic E-state index is 6.25. The van der Waals surface area contributed by atoms with E-state index in [0.717, 1.165) is 0 Å². The van der Waals surface area contributed by atoms with Gasteiger partial charge in [0.1, 0.15) is 0 Å². The molecule has 0 aromatic rings.